The quantitative estimate of drug-likeness (QED) is 0.687. The lowest BCUT2D eigenvalue weighted by Crippen LogP contribution is -2.32. The normalized spacial score (nSPS) is 15.0. The molecule has 7 heteroatoms. The van der Waals surface area contributed by atoms with Crippen LogP contribution in [0.15, 0.2) is 29.9 Å². The number of carbonyl (C=O) groups is 1. The summed E-state index contributed by atoms with van der Waals surface area (Å²) in [6.45, 7) is 5.56. The van der Waals surface area contributed by atoms with Gasteiger partial charge in [-0.15, -0.1) is 11.3 Å². The van der Waals surface area contributed by atoms with Crippen molar-refractivity contribution in [2.45, 2.75) is 39.5 Å². The molecule has 0 bridgehead atoms. The van der Waals surface area contributed by atoms with Gasteiger partial charge in [0.1, 0.15) is 0 Å². The van der Waals surface area contributed by atoms with E-state index in [2.05, 4.69) is 10.1 Å². The number of thiophene rings is 1. The zero-order chi connectivity index (χ0) is 18.8. The predicted molar refractivity (Wildman–Crippen MR) is 106 cm³/mol. The molecule has 1 amide bonds. The number of nitrogens with zero attached hydrogens (tertiary/aromatic N) is 5. The van der Waals surface area contributed by atoms with E-state index in [-0.39, 0.29) is 5.91 Å². The van der Waals surface area contributed by atoms with Crippen LogP contribution in [0.4, 0.5) is 0 Å². The van der Waals surface area contributed by atoms with E-state index in [1.54, 1.807) is 22.2 Å². The summed E-state index contributed by atoms with van der Waals surface area (Å²) in [5.41, 5.74) is 3.35. The highest BCUT2D eigenvalue weighted by molar-refractivity contribution is 7.13. The van der Waals surface area contributed by atoms with Gasteiger partial charge in [-0.05, 0) is 43.7 Å². The number of hydrogen-bond acceptors (Lipinski definition) is 5. The van der Waals surface area contributed by atoms with Crippen LogP contribution in [0.5, 0.6) is 0 Å². The van der Waals surface area contributed by atoms with E-state index < -0.39 is 0 Å². The first kappa shape index (κ1) is 17.9. The van der Waals surface area contributed by atoms with Crippen LogP contribution in [-0.4, -0.2) is 43.6 Å². The number of carbonyl (C=O) groups excluding carboxylic acids is 1. The maximum atomic E-state index is 13.0. The molecule has 1 aliphatic rings. The van der Waals surface area contributed by atoms with Crippen molar-refractivity contribution < 1.29 is 4.79 Å². The van der Waals surface area contributed by atoms with E-state index >= 15 is 0 Å². The Balaban J connectivity index is 1.66. The van der Waals surface area contributed by atoms with Crippen LogP contribution in [0, 0.1) is 13.8 Å². The fourth-order valence-electron chi connectivity index (χ4n) is 3.46. The van der Waals surface area contributed by atoms with Gasteiger partial charge in [-0.3, -0.25) is 4.79 Å². The molecule has 6 nitrogen and oxygen atoms in total. The lowest BCUT2D eigenvalue weighted by Gasteiger charge is -2.19. The van der Waals surface area contributed by atoms with Crippen LogP contribution < -0.4 is 0 Å². The molecule has 140 valence electrons. The lowest BCUT2D eigenvalue weighted by molar-refractivity contribution is 0.0761. The molecule has 3 aromatic rings. The molecule has 3 aromatic heterocycles. The smallest absolute Gasteiger partial charge is 0.257 e. The summed E-state index contributed by atoms with van der Waals surface area (Å²) in [6, 6.07) is 4.06. The second-order valence-corrected chi connectivity index (χ2v) is 7.89. The van der Waals surface area contributed by atoms with Gasteiger partial charge >= 0.3 is 0 Å². The Kier molecular flexibility index (Phi) is 5.03. The van der Waals surface area contributed by atoms with Gasteiger partial charge in [-0.2, -0.15) is 5.10 Å². The number of likely N-dealkylation sites (tertiary alicyclic amines) is 1. The van der Waals surface area contributed by atoms with Gasteiger partial charge in [0.25, 0.3) is 11.9 Å². The van der Waals surface area contributed by atoms with Gasteiger partial charge in [0.05, 0.1) is 28.0 Å². The molecule has 0 radical (unpaired) electrons. The zero-order valence-corrected chi connectivity index (χ0v) is 16.5. The summed E-state index contributed by atoms with van der Waals surface area (Å²) >= 11 is 1.65. The van der Waals surface area contributed by atoms with Gasteiger partial charge in [-0.1, -0.05) is 18.9 Å². The Bertz CT molecular complexity index is 939. The highest BCUT2D eigenvalue weighted by Gasteiger charge is 2.23. The van der Waals surface area contributed by atoms with E-state index in [9.17, 15) is 4.79 Å². The maximum absolute atomic E-state index is 13.0. The van der Waals surface area contributed by atoms with Crippen molar-refractivity contribution in [3.8, 4) is 16.5 Å². The Morgan fingerprint density at radius 3 is 2.59 bits per heavy atom. The van der Waals surface area contributed by atoms with Crippen LogP contribution in [0.25, 0.3) is 16.5 Å². The standard InChI is InChI=1S/C20H23N5OS/c1-14-12-21-20(23-18(14)17-8-7-11-27-17)25-15(2)16(13-22-25)19(26)24-9-5-3-4-6-10-24/h7-8,11-13H,3-6,9-10H2,1-2H3. The highest BCUT2D eigenvalue weighted by atomic mass is 32.1. The van der Waals surface area contributed by atoms with Crippen molar-refractivity contribution in [1.29, 1.82) is 0 Å². The molecule has 4 heterocycles. The average Bonchev–Trinajstić information content (AvgIpc) is 3.25. The SMILES string of the molecule is Cc1cnc(-n2ncc(C(=O)N3CCCCCC3)c2C)nc1-c1cccs1. The Hall–Kier alpha value is -2.54. The van der Waals surface area contributed by atoms with Gasteiger partial charge in [0, 0.05) is 19.3 Å². The molecule has 0 saturated carbocycles. The molecule has 0 spiro atoms. The summed E-state index contributed by atoms with van der Waals surface area (Å²) in [5.74, 6) is 0.558. The van der Waals surface area contributed by atoms with Crippen molar-refractivity contribution in [3.05, 3.63) is 46.7 Å². The monoisotopic (exact) mass is 381 g/mol. The average molecular weight is 382 g/mol. The molecule has 0 unspecified atom stereocenters. The van der Waals surface area contributed by atoms with E-state index in [0.717, 1.165) is 47.8 Å². The third kappa shape index (κ3) is 3.51. The largest absolute Gasteiger partial charge is 0.339 e. The predicted octanol–water partition coefficient (Wildman–Crippen LogP) is 4.02. The summed E-state index contributed by atoms with van der Waals surface area (Å²) in [5, 5.41) is 6.46. The van der Waals surface area contributed by atoms with Crippen LogP contribution in [0.1, 0.15) is 47.3 Å². The molecule has 0 N–H and O–H groups in total. The summed E-state index contributed by atoms with van der Waals surface area (Å²) in [7, 11) is 0. The number of amides is 1. The Labute approximate surface area is 162 Å². The van der Waals surface area contributed by atoms with Gasteiger partial charge in [0.15, 0.2) is 0 Å². The van der Waals surface area contributed by atoms with Crippen LogP contribution in [0.3, 0.4) is 0 Å². The Morgan fingerprint density at radius 1 is 1.11 bits per heavy atom. The number of aryl methyl sites for hydroxylation is 1. The first-order valence-corrected chi connectivity index (χ1v) is 10.2. The fourth-order valence-corrected chi connectivity index (χ4v) is 4.24. The van der Waals surface area contributed by atoms with Gasteiger partial charge in [0.2, 0.25) is 0 Å². The molecule has 0 aromatic carbocycles. The van der Waals surface area contributed by atoms with Crippen molar-refractivity contribution in [3.63, 3.8) is 0 Å². The first-order chi connectivity index (χ1) is 13.1. The number of rotatable bonds is 3. The molecular formula is C20H23N5OS. The number of aromatic nitrogens is 4. The summed E-state index contributed by atoms with van der Waals surface area (Å²) < 4.78 is 1.67. The zero-order valence-electron chi connectivity index (χ0n) is 15.7. The lowest BCUT2D eigenvalue weighted by atomic mass is 10.2. The van der Waals surface area contributed by atoms with E-state index in [0.29, 0.717) is 11.5 Å². The van der Waals surface area contributed by atoms with E-state index in [4.69, 9.17) is 4.98 Å². The topological polar surface area (TPSA) is 63.9 Å². The third-order valence-corrected chi connectivity index (χ3v) is 5.91. The van der Waals surface area contributed by atoms with Crippen LogP contribution in [-0.2, 0) is 0 Å². The minimum absolute atomic E-state index is 0.0613. The summed E-state index contributed by atoms with van der Waals surface area (Å²) in [6.07, 6.45) is 8.01. The fraction of sp³-hybridized carbons (Fsp3) is 0.400. The molecule has 4 rings (SSSR count). The van der Waals surface area contributed by atoms with Gasteiger partial charge in [-0.25, -0.2) is 14.6 Å². The molecule has 27 heavy (non-hydrogen) atoms. The van der Waals surface area contributed by atoms with E-state index in [1.807, 2.05) is 42.5 Å². The highest BCUT2D eigenvalue weighted by Crippen LogP contribution is 2.26. The first-order valence-electron chi connectivity index (χ1n) is 9.37. The maximum Gasteiger partial charge on any atom is 0.257 e. The van der Waals surface area contributed by atoms with Crippen molar-refractivity contribution in [1.82, 2.24) is 24.6 Å². The molecule has 0 aliphatic carbocycles. The summed E-state index contributed by atoms with van der Waals surface area (Å²) in [4.78, 5) is 25.2. The third-order valence-electron chi connectivity index (χ3n) is 5.04. The van der Waals surface area contributed by atoms with Crippen molar-refractivity contribution in [2.24, 2.45) is 0 Å². The van der Waals surface area contributed by atoms with E-state index in [1.165, 1.54) is 12.8 Å². The van der Waals surface area contributed by atoms with Gasteiger partial charge < -0.3 is 4.90 Å². The number of hydrogen-bond donors (Lipinski definition) is 0. The minimum atomic E-state index is 0.0613. The molecular weight excluding hydrogens is 358 g/mol. The minimum Gasteiger partial charge on any atom is -0.339 e. The Morgan fingerprint density at radius 2 is 1.89 bits per heavy atom. The van der Waals surface area contributed by atoms with Crippen LogP contribution >= 0.6 is 11.3 Å². The molecule has 1 aliphatic heterocycles. The molecule has 1 fully saturated rings. The van der Waals surface area contributed by atoms with Crippen molar-refractivity contribution >= 4 is 17.2 Å². The van der Waals surface area contributed by atoms with Crippen LogP contribution in [0.2, 0.25) is 0 Å². The second-order valence-electron chi connectivity index (χ2n) is 6.94. The molecule has 0 atom stereocenters. The second kappa shape index (κ2) is 7.60. The molecule has 1 saturated heterocycles. The van der Waals surface area contributed by atoms with Crippen molar-refractivity contribution in [2.75, 3.05) is 13.1 Å².